The summed E-state index contributed by atoms with van der Waals surface area (Å²) in [5.74, 6) is -2.21. The molecule has 1 amide bonds. The van der Waals surface area contributed by atoms with Crippen LogP contribution < -0.4 is 5.32 Å². The molecule has 0 fully saturated rings. The highest BCUT2D eigenvalue weighted by molar-refractivity contribution is 6.05. The second kappa shape index (κ2) is 5.54. The molecule has 0 aromatic heterocycles. The van der Waals surface area contributed by atoms with E-state index >= 15 is 0 Å². The molecule has 0 aliphatic carbocycles. The molecule has 21 heavy (non-hydrogen) atoms. The van der Waals surface area contributed by atoms with Gasteiger partial charge in [0.15, 0.2) is 11.5 Å². The maximum atomic E-state index is 12.0. The molecule has 2 rings (SSSR count). The zero-order valence-electron chi connectivity index (χ0n) is 11.1. The van der Waals surface area contributed by atoms with Crippen molar-refractivity contribution in [3.05, 3.63) is 53.1 Å². The zero-order chi connectivity index (χ0) is 15.6. The average Bonchev–Trinajstić information content (AvgIpc) is 2.41. The number of aromatic hydroxyl groups is 2. The van der Waals surface area contributed by atoms with Crippen LogP contribution in [0.4, 0.5) is 5.69 Å². The Labute approximate surface area is 120 Å². The lowest BCUT2D eigenvalue weighted by Gasteiger charge is -2.08. The minimum atomic E-state index is -1.03. The predicted octanol–water partition coefficient (Wildman–Crippen LogP) is 2.36. The molecular formula is C15H13NO5. The lowest BCUT2D eigenvalue weighted by molar-refractivity contribution is 0.0696. The first-order chi connectivity index (χ1) is 9.88. The summed E-state index contributed by atoms with van der Waals surface area (Å²) in [7, 11) is 0. The largest absolute Gasteiger partial charge is 0.504 e. The van der Waals surface area contributed by atoms with Crippen molar-refractivity contribution >= 4 is 17.6 Å². The van der Waals surface area contributed by atoms with Gasteiger partial charge in [-0.2, -0.15) is 0 Å². The van der Waals surface area contributed by atoms with Crippen LogP contribution in [0.2, 0.25) is 0 Å². The molecular weight excluding hydrogens is 274 g/mol. The Morgan fingerprint density at radius 3 is 2.29 bits per heavy atom. The van der Waals surface area contributed by atoms with E-state index < -0.39 is 11.9 Å². The molecule has 2 aromatic carbocycles. The first kappa shape index (κ1) is 14.4. The summed E-state index contributed by atoms with van der Waals surface area (Å²) < 4.78 is 0. The van der Waals surface area contributed by atoms with Crippen molar-refractivity contribution in [3.8, 4) is 11.5 Å². The monoisotopic (exact) mass is 287 g/mol. The van der Waals surface area contributed by atoms with Crippen molar-refractivity contribution in [2.75, 3.05) is 5.32 Å². The van der Waals surface area contributed by atoms with Crippen LogP contribution in [0.25, 0.3) is 0 Å². The van der Waals surface area contributed by atoms with Crippen LogP contribution in [-0.2, 0) is 0 Å². The van der Waals surface area contributed by atoms with Crippen LogP contribution in [-0.4, -0.2) is 27.2 Å². The molecule has 0 spiro atoms. The quantitative estimate of drug-likeness (QED) is 0.648. The highest BCUT2D eigenvalue weighted by Crippen LogP contribution is 2.25. The van der Waals surface area contributed by atoms with Gasteiger partial charge in [0.2, 0.25) is 0 Å². The van der Waals surface area contributed by atoms with E-state index in [1.807, 2.05) is 0 Å². The molecule has 0 saturated heterocycles. The van der Waals surface area contributed by atoms with E-state index in [0.29, 0.717) is 11.3 Å². The van der Waals surface area contributed by atoms with Crippen molar-refractivity contribution in [1.82, 2.24) is 0 Å². The standard InChI is InChI=1S/C15H13NO5/c1-8-6-10(3-4-11(8)15(20)21)16-14(19)9-2-5-12(17)13(18)7-9/h2-7,17-18H,1H3,(H,16,19)(H,20,21). The Bertz CT molecular complexity index is 724. The topological polar surface area (TPSA) is 107 Å². The number of aryl methyl sites for hydroxylation is 1. The summed E-state index contributed by atoms with van der Waals surface area (Å²) in [4.78, 5) is 22.9. The number of carboxylic acid groups (broad SMARTS) is 1. The first-order valence-corrected chi connectivity index (χ1v) is 6.06. The van der Waals surface area contributed by atoms with Crippen LogP contribution in [0.1, 0.15) is 26.3 Å². The Balaban J connectivity index is 2.21. The number of phenolic OH excluding ortho intramolecular Hbond substituents is 2. The van der Waals surface area contributed by atoms with Crippen LogP contribution in [0.15, 0.2) is 36.4 Å². The van der Waals surface area contributed by atoms with Crippen molar-refractivity contribution in [2.24, 2.45) is 0 Å². The number of carbonyl (C=O) groups excluding carboxylic acids is 1. The number of amides is 1. The van der Waals surface area contributed by atoms with Gasteiger partial charge in [-0.1, -0.05) is 0 Å². The number of aromatic carboxylic acids is 1. The third-order valence-corrected chi connectivity index (χ3v) is 2.95. The Morgan fingerprint density at radius 2 is 1.71 bits per heavy atom. The molecule has 0 heterocycles. The van der Waals surface area contributed by atoms with Gasteiger partial charge in [-0.3, -0.25) is 4.79 Å². The Morgan fingerprint density at radius 1 is 1.00 bits per heavy atom. The first-order valence-electron chi connectivity index (χ1n) is 6.06. The minimum Gasteiger partial charge on any atom is -0.504 e. The maximum absolute atomic E-state index is 12.0. The number of phenols is 2. The fraction of sp³-hybridized carbons (Fsp3) is 0.0667. The zero-order valence-corrected chi connectivity index (χ0v) is 11.1. The normalized spacial score (nSPS) is 10.1. The Hall–Kier alpha value is -3.02. The van der Waals surface area contributed by atoms with E-state index in [1.165, 1.54) is 24.3 Å². The van der Waals surface area contributed by atoms with Crippen molar-refractivity contribution < 1.29 is 24.9 Å². The molecule has 6 heteroatoms. The maximum Gasteiger partial charge on any atom is 0.335 e. The summed E-state index contributed by atoms with van der Waals surface area (Å²) in [5.41, 5.74) is 1.30. The summed E-state index contributed by atoms with van der Waals surface area (Å²) in [5, 5.41) is 30.1. The van der Waals surface area contributed by atoms with Gasteiger partial charge in [0, 0.05) is 11.3 Å². The summed E-state index contributed by atoms with van der Waals surface area (Å²) >= 11 is 0. The van der Waals surface area contributed by atoms with Gasteiger partial charge in [-0.05, 0) is 48.9 Å². The molecule has 4 N–H and O–H groups in total. The van der Waals surface area contributed by atoms with Crippen LogP contribution in [0.3, 0.4) is 0 Å². The SMILES string of the molecule is Cc1cc(NC(=O)c2ccc(O)c(O)c2)ccc1C(=O)O. The molecule has 0 bridgehead atoms. The molecule has 6 nitrogen and oxygen atoms in total. The Kier molecular flexibility index (Phi) is 3.80. The predicted molar refractivity (Wildman–Crippen MR) is 75.9 cm³/mol. The fourth-order valence-corrected chi connectivity index (χ4v) is 1.85. The molecule has 0 atom stereocenters. The number of anilines is 1. The van der Waals surface area contributed by atoms with Gasteiger partial charge < -0.3 is 20.6 Å². The van der Waals surface area contributed by atoms with E-state index in [1.54, 1.807) is 13.0 Å². The molecule has 0 radical (unpaired) electrons. The van der Waals surface area contributed by atoms with Gasteiger partial charge in [0.1, 0.15) is 0 Å². The lowest BCUT2D eigenvalue weighted by atomic mass is 10.1. The van der Waals surface area contributed by atoms with Crippen molar-refractivity contribution in [3.63, 3.8) is 0 Å². The third-order valence-electron chi connectivity index (χ3n) is 2.95. The van der Waals surface area contributed by atoms with Gasteiger partial charge in [-0.15, -0.1) is 0 Å². The fourth-order valence-electron chi connectivity index (χ4n) is 1.85. The molecule has 2 aromatic rings. The van der Waals surface area contributed by atoms with Gasteiger partial charge in [0.05, 0.1) is 5.56 Å². The molecule has 0 unspecified atom stereocenters. The van der Waals surface area contributed by atoms with Crippen molar-refractivity contribution in [1.29, 1.82) is 0 Å². The van der Waals surface area contributed by atoms with E-state index in [4.69, 9.17) is 5.11 Å². The highest BCUT2D eigenvalue weighted by atomic mass is 16.4. The third kappa shape index (κ3) is 3.11. The van der Waals surface area contributed by atoms with E-state index in [2.05, 4.69) is 5.32 Å². The second-order valence-corrected chi connectivity index (χ2v) is 4.49. The number of hydrogen-bond donors (Lipinski definition) is 4. The molecule has 0 saturated carbocycles. The van der Waals surface area contributed by atoms with Gasteiger partial charge in [0.25, 0.3) is 5.91 Å². The van der Waals surface area contributed by atoms with E-state index in [9.17, 15) is 19.8 Å². The molecule has 0 aliphatic rings. The van der Waals surface area contributed by atoms with Crippen LogP contribution in [0, 0.1) is 6.92 Å². The molecule has 0 aliphatic heterocycles. The summed E-state index contributed by atoms with van der Waals surface area (Å²) in [6.45, 7) is 1.63. The van der Waals surface area contributed by atoms with E-state index in [-0.39, 0.29) is 22.6 Å². The smallest absolute Gasteiger partial charge is 0.335 e. The van der Waals surface area contributed by atoms with E-state index in [0.717, 1.165) is 6.07 Å². The van der Waals surface area contributed by atoms with Gasteiger partial charge in [-0.25, -0.2) is 4.79 Å². The van der Waals surface area contributed by atoms with Gasteiger partial charge >= 0.3 is 5.97 Å². The number of rotatable bonds is 3. The lowest BCUT2D eigenvalue weighted by Crippen LogP contribution is -2.12. The molecule has 108 valence electrons. The number of carboxylic acids is 1. The van der Waals surface area contributed by atoms with Crippen molar-refractivity contribution in [2.45, 2.75) is 6.92 Å². The summed E-state index contributed by atoms with van der Waals surface area (Å²) in [6, 6.07) is 8.15. The number of nitrogens with one attached hydrogen (secondary N) is 1. The number of benzene rings is 2. The van der Waals surface area contributed by atoms with Crippen LogP contribution in [0.5, 0.6) is 11.5 Å². The highest BCUT2D eigenvalue weighted by Gasteiger charge is 2.11. The summed E-state index contributed by atoms with van der Waals surface area (Å²) in [6.07, 6.45) is 0. The van der Waals surface area contributed by atoms with Crippen LogP contribution >= 0.6 is 0 Å². The number of hydrogen-bond acceptors (Lipinski definition) is 4. The second-order valence-electron chi connectivity index (χ2n) is 4.49. The average molecular weight is 287 g/mol. The number of carbonyl (C=O) groups is 2. The minimum absolute atomic E-state index is 0.162.